The average molecular weight is 233 g/mol. The van der Waals surface area contributed by atoms with Crippen molar-refractivity contribution in [3.05, 3.63) is 11.6 Å². The summed E-state index contributed by atoms with van der Waals surface area (Å²) < 4.78 is 22.4. The van der Waals surface area contributed by atoms with Crippen LogP contribution in [0.3, 0.4) is 0 Å². The van der Waals surface area contributed by atoms with Crippen LogP contribution in [0.2, 0.25) is 0 Å². The van der Waals surface area contributed by atoms with E-state index in [2.05, 4.69) is 5.32 Å². The van der Waals surface area contributed by atoms with E-state index >= 15 is 0 Å². The lowest BCUT2D eigenvalue weighted by Crippen LogP contribution is -2.27. The summed E-state index contributed by atoms with van der Waals surface area (Å²) in [5, 5.41) is 10.4. The number of nitrogens with one attached hydrogen (secondary N) is 1. The Morgan fingerprint density at radius 3 is 2.73 bits per heavy atom. The fourth-order valence-electron chi connectivity index (χ4n) is 1.60. The number of sulfone groups is 1. The van der Waals surface area contributed by atoms with E-state index in [1.165, 1.54) is 6.26 Å². The molecule has 1 aliphatic carbocycles. The van der Waals surface area contributed by atoms with Crippen LogP contribution in [0.15, 0.2) is 11.6 Å². The van der Waals surface area contributed by atoms with Gasteiger partial charge in [-0.25, -0.2) is 13.2 Å². The predicted molar refractivity (Wildman–Crippen MR) is 56.6 cm³/mol. The third kappa shape index (κ3) is 3.91. The molecule has 6 heteroatoms. The smallest absolute Gasteiger partial charge is 0.404 e. The first kappa shape index (κ1) is 12.0. The molecule has 0 bridgehead atoms. The molecule has 0 aromatic carbocycles. The molecule has 0 saturated carbocycles. The van der Waals surface area contributed by atoms with Gasteiger partial charge in [-0.2, -0.15) is 0 Å². The molecule has 1 aliphatic rings. The highest BCUT2D eigenvalue weighted by Crippen LogP contribution is 2.22. The molecule has 1 rings (SSSR count). The Balaban J connectivity index is 2.49. The molecule has 0 radical (unpaired) electrons. The van der Waals surface area contributed by atoms with Gasteiger partial charge in [0.1, 0.15) is 0 Å². The lowest BCUT2D eigenvalue weighted by Gasteiger charge is -2.20. The number of hydrogen-bond donors (Lipinski definition) is 2. The first-order valence-corrected chi connectivity index (χ1v) is 6.68. The number of carboxylic acid groups (broad SMARTS) is 1. The highest BCUT2D eigenvalue weighted by atomic mass is 32.2. The molecular formula is C9H15NO4S. The molecule has 0 heterocycles. The van der Waals surface area contributed by atoms with Crippen molar-refractivity contribution < 1.29 is 18.3 Å². The quantitative estimate of drug-likeness (QED) is 0.705. The highest BCUT2D eigenvalue weighted by molar-refractivity contribution is 7.91. The first-order chi connectivity index (χ1) is 6.89. The standard InChI is InChI=1S/C9H15NO4S/c1-15(13,14)8-4-2-7(3-5-8)6-10-9(11)12/h2,8,10H,3-6H2,1H3,(H,11,12)/t8-/m1/s1. The minimum absolute atomic E-state index is 0.297. The molecule has 0 unspecified atom stereocenters. The van der Waals surface area contributed by atoms with Crippen LogP contribution in [0.25, 0.3) is 0 Å². The van der Waals surface area contributed by atoms with Crippen LogP contribution in [-0.4, -0.2) is 37.7 Å². The van der Waals surface area contributed by atoms with Crippen molar-refractivity contribution in [3.8, 4) is 0 Å². The number of rotatable bonds is 3. The van der Waals surface area contributed by atoms with Crippen molar-refractivity contribution in [3.63, 3.8) is 0 Å². The van der Waals surface area contributed by atoms with Gasteiger partial charge in [-0.3, -0.25) is 0 Å². The summed E-state index contributed by atoms with van der Waals surface area (Å²) in [5.74, 6) is 0. The second kappa shape index (κ2) is 4.65. The second-order valence-corrected chi connectivity index (χ2v) is 6.07. The monoisotopic (exact) mass is 233 g/mol. The second-order valence-electron chi connectivity index (χ2n) is 3.75. The molecule has 1 atom stereocenters. The molecule has 0 aromatic rings. The molecule has 5 nitrogen and oxygen atoms in total. The van der Waals surface area contributed by atoms with Crippen molar-refractivity contribution in [2.24, 2.45) is 0 Å². The fraction of sp³-hybridized carbons (Fsp3) is 0.667. The van der Waals surface area contributed by atoms with Crippen molar-refractivity contribution >= 4 is 15.9 Å². The van der Waals surface area contributed by atoms with Gasteiger partial charge in [0, 0.05) is 12.8 Å². The van der Waals surface area contributed by atoms with Gasteiger partial charge < -0.3 is 10.4 Å². The minimum Gasteiger partial charge on any atom is -0.465 e. The normalized spacial score (nSPS) is 21.9. The van der Waals surface area contributed by atoms with Crippen molar-refractivity contribution in [1.29, 1.82) is 0 Å². The van der Waals surface area contributed by atoms with Gasteiger partial charge in [-0.1, -0.05) is 11.6 Å². The van der Waals surface area contributed by atoms with Gasteiger partial charge in [0.05, 0.1) is 5.25 Å². The van der Waals surface area contributed by atoms with Crippen molar-refractivity contribution in [2.75, 3.05) is 12.8 Å². The van der Waals surface area contributed by atoms with Crippen molar-refractivity contribution in [2.45, 2.75) is 24.5 Å². The maximum atomic E-state index is 11.2. The molecule has 0 saturated heterocycles. The van der Waals surface area contributed by atoms with E-state index in [4.69, 9.17) is 5.11 Å². The lowest BCUT2D eigenvalue weighted by molar-refractivity contribution is 0.195. The Kier molecular flexibility index (Phi) is 3.73. The summed E-state index contributed by atoms with van der Waals surface area (Å²) in [6.45, 7) is 0.297. The molecule has 1 amide bonds. The Hall–Kier alpha value is -1.04. The zero-order chi connectivity index (χ0) is 11.5. The van der Waals surface area contributed by atoms with Crippen LogP contribution in [0.5, 0.6) is 0 Å². The van der Waals surface area contributed by atoms with Crippen LogP contribution < -0.4 is 5.32 Å². The van der Waals surface area contributed by atoms with E-state index in [1.807, 2.05) is 6.08 Å². The SMILES string of the molecule is CS(=O)(=O)[C@@H]1CC=C(CNC(=O)O)CC1. The van der Waals surface area contributed by atoms with Crippen LogP contribution in [0.1, 0.15) is 19.3 Å². The van der Waals surface area contributed by atoms with Crippen LogP contribution >= 0.6 is 0 Å². The van der Waals surface area contributed by atoms with E-state index in [9.17, 15) is 13.2 Å². The summed E-state index contributed by atoms with van der Waals surface area (Å²) in [5.41, 5.74) is 0.970. The maximum absolute atomic E-state index is 11.2. The third-order valence-corrected chi connectivity index (χ3v) is 4.17. The molecular weight excluding hydrogens is 218 g/mol. The molecule has 0 fully saturated rings. The number of hydrogen-bond acceptors (Lipinski definition) is 3. The third-order valence-electron chi connectivity index (χ3n) is 2.53. The summed E-state index contributed by atoms with van der Waals surface area (Å²) in [7, 11) is -2.96. The average Bonchev–Trinajstić information content (AvgIpc) is 2.14. The zero-order valence-corrected chi connectivity index (χ0v) is 9.38. The van der Waals surface area contributed by atoms with Gasteiger partial charge in [-0.05, 0) is 19.3 Å². The number of carbonyl (C=O) groups is 1. The predicted octanol–water partition coefficient (Wildman–Crippen LogP) is 0.778. The fourth-order valence-corrected chi connectivity index (χ4v) is 2.59. The zero-order valence-electron chi connectivity index (χ0n) is 8.56. The molecule has 2 N–H and O–H groups in total. The van der Waals surface area contributed by atoms with Gasteiger partial charge in [-0.15, -0.1) is 0 Å². The van der Waals surface area contributed by atoms with Gasteiger partial charge in [0.15, 0.2) is 9.84 Å². The molecule has 0 aromatic heterocycles. The van der Waals surface area contributed by atoms with Gasteiger partial charge in [0.2, 0.25) is 0 Å². The van der Waals surface area contributed by atoms with Crippen LogP contribution in [-0.2, 0) is 9.84 Å². The Labute approximate surface area is 89.1 Å². The van der Waals surface area contributed by atoms with Crippen LogP contribution in [0.4, 0.5) is 4.79 Å². The Bertz CT molecular complexity index is 372. The summed E-state index contributed by atoms with van der Waals surface area (Å²) in [6.07, 6.45) is 3.75. The van der Waals surface area contributed by atoms with E-state index in [0.29, 0.717) is 25.8 Å². The molecule has 86 valence electrons. The molecule has 15 heavy (non-hydrogen) atoms. The molecule has 0 spiro atoms. The summed E-state index contributed by atoms with van der Waals surface area (Å²) >= 11 is 0. The minimum atomic E-state index is -2.96. The van der Waals surface area contributed by atoms with Gasteiger partial charge in [0.25, 0.3) is 0 Å². The highest BCUT2D eigenvalue weighted by Gasteiger charge is 2.23. The molecule has 0 aliphatic heterocycles. The summed E-state index contributed by atoms with van der Waals surface area (Å²) in [4.78, 5) is 10.2. The lowest BCUT2D eigenvalue weighted by atomic mass is 9.99. The van der Waals surface area contributed by atoms with E-state index in [1.54, 1.807) is 0 Å². The van der Waals surface area contributed by atoms with E-state index < -0.39 is 15.9 Å². The van der Waals surface area contributed by atoms with Crippen LogP contribution in [0, 0.1) is 0 Å². The van der Waals surface area contributed by atoms with Crippen molar-refractivity contribution in [1.82, 2.24) is 5.32 Å². The Morgan fingerprint density at radius 1 is 1.67 bits per heavy atom. The largest absolute Gasteiger partial charge is 0.465 e. The Morgan fingerprint density at radius 2 is 2.33 bits per heavy atom. The maximum Gasteiger partial charge on any atom is 0.404 e. The first-order valence-electron chi connectivity index (χ1n) is 4.73. The van der Waals surface area contributed by atoms with E-state index in [0.717, 1.165) is 5.57 Å². The van der Waals surface area contributed by atoms with E-state index in [-0.39, 0.29) is 5.25 Å². The number of amides is 1. The topological polar surface area (TPSA) is 83.5 Å². The summed E-state index contributed by atoms with van der Waals surface area (Å²) in [6, 6.07) is 0. The van der Waals surface area contributed by atoms with Gasteiger partial charge >= 0.3 is 6.09 Å². The number of allylic oxidation sites excluding steroid dienone is 1.